The summed E-state index contributed by atoms with van der Waals surface area (Å²) in [5, 5.41) is 3.82. The normalized spacial score (nSPS) is 16.5. The fraction of sp³-hybridized carbons (Fsp3) is 0.125. The predicted octanol–water partition coefficient (Wildman–Crippen LogP) is 2.12. The fourth-order valence-electron chi connectivity index (χ4n) is 1.94. The third kappa shape index (κ3) is 3.22. The molecule has 1 heterocycles. The van der Waals surface area contributed by atoms with Crippen LogP contribution in [0, 0.1) is 5.82 Å². The molecule has 0 aromatic heterocycles. The van der Waals surface area contributed by atoms with E-state index in [0.29, 0.717) is 17.1 Å². The van der Waals surface area contributed by atoms with Gasteiger partial charge in [0.1, 0.15) is 12.4 Å². The third-order valence-corrected chi connectivity index (χ3v) is 3.06. The number of halogens is 1. The maximum atomic E-state index is 12.8. The minimum absolute atomic E-state index is 0.120. The van der Waals surface area contributed by atoms with E-state index in [-0.39, 0.29) is 12.4 Å². The number of carbonyl (C=O) groups is 1. The lowest BCUT2D eigenvalue weighted by Crippen LogP contribution is -2.42. The van der Waals surface area contributed by atoms with E-state index >= 15 is 0 Å². The summed E-state index contributed by atoms with van der Waals surface area (Å²) in [7, 11) is 0. The van der Waals surface area contributed by atoms with Gasteiger partial charge in [0.25, 0.3) is 5.91 Å². The molecule has 1 aliphatic heterocycles. The van der Waals surface area contributed by atoms with Gasteiger partial charge in [-0.2, -0.15) is 5.10 Å². The molecule has 0 fully saturated rings. The molecule has 0 spiro atoms. The van der Waals surface area contributed by atoms with Crippen LogP contribution in [-0.4, -0.2) is 24.8 Å². The van der Waals surface area contributed by atoms with Crippen molar-refractivity contribution in [1.82, 2.24) is 5.43 Å². The molecule has 1 N–H and O–H groups in total. The highest BCUT2D eigenvalue weighted by atomic mass is 19.1. The zero-order valence-electron chi connectivity index (χ0n) is 11.5. The molecule has 0 aliphatic carbocycles. The summed E-state index contributed by atoms with van der Waals surface area (Å²) in [5.74, 6) is 0.401. The number of benzene rings is 2. The molecule has 112 valence electrons. The minimum atomic E-state index is -0.764. The maximum absolute atomic E-state index is 12.8. The Bertz CT molecular complexity index is 701. The molecule has 6 heteroatoms. The SMILES string of the molecule is O=C(N/N=C\c1ccc(F)cc1)[C@H]1COc2ccccc2O1. The van der Waals surface area contributed by atoms with E-state index in [9.17, 15) is 9.18 Å². The van der Waals surface area contributed by atoms with Crippen LogP contribution < -0.4 is 14.9 Å². The molecule has 1 aliphatic rings. The molecule has 1 atom stereocenters. The fourth-order valence-corrected chi connectivity index (χ4v) is 1.94. The number of hydrazone groups is 1. The molecule has 2 aromatic carbocycles. The van der Waals surface area contributed by atoms with Crippen molar-refractivity contribution in [1.29, 1.82) is 0 Å². The van der Waals surface area contributed by atoms with Gasteiger partial charge in [0.2, 0.25) is 6.10 Å². The van der Waals surface area contributed by atoms with Crippen molar-refractivity contribution < 1.29 is 18.7 Å². The first-order valence-electron chi connectivity index (χ1n) is 6.69. The van der Waals surface area contributed by atoms with Gasteiger partial charge in [-0.15, -0.1) is 0 Å². The summed E-state index contributed by atoms with van der Waals surface area (Å²) in [5.41, 5.74) is 3.05. The molecule has 22 heavy (non-hydrogen) atoms. The van der Waals surface area contributed by atoms with Crippen molar-refractivity contribution in [2.75, 3.05) is 6.61 Å². The molecule has 0 radical (unpaired) electrons. The Kier molecular flexibility index (Phi) is 4.00. The number of nitrogens with zero attached hydrogens (tertiary/aromatic N) is 1. The van der Waals surface area contributed by atoms with Crippen LogP contribution in [0.5, 0.6) is 11.5 Å². The molecule has 3 rings (SSSR count). The molecule has 0 saturated carbocycles. The van der Waals surface area contributed by atoms with Crippen molar-refractivity contribution in [2.45, 2.75) is 6.10 Å². The monoisotopic (exact) mass is 300 g/mol. The zero-order chi connectivity index (χ0) is 15.4. The van der Waals surface area contributed by atoms with Crippen molar-refractivity contribution >= 4 is 12.1 Å². The molecule has 0 bridgehead atoms. The van der Waals surface area contributed by atoms with Crippen LogP contribution in [0.1, 0.15) is 5.56 Å². The van der Waals surface area contributed by atoms with Crippen LogP contribution in [0.25, 0.3) is 0 Å². The lowest BCUT2D eigenvalue weighted by molar-refractivity contribution is -0.130. The Morgan fingerprint density at radius 3 is 2.68 bits per heavy atom. The van der Waals surface area contributed by atoms with E-state index in [0.717, 1.165) is 0 Å². The summed E-state index contributed by atoms with van der Waals surface area (Å²) in [4.78, 5) is 12.0. The third-order valence-electron chi connectivity index (χ3n) is 3.06. The average Bonchev–Trinajstić information content (AvgIpc) is 2.56. The maximum Gasteiger partial charge on any atom is 0.284 e. The number of fused-ring (bicyclic) bond motifs is 1. The smallest absolute Gasteiger partial charge is 0.284 e. The van der Waals surface area contributed by atoms with E-state index in [1.54, 1.807) is 30.3 Å². The lowest BCUT2D eigenvalue weighted by atomic mass is 10.2. The van der Waals surface area contributed by atoms with Gasteiger partial charge in [-0.05, 0) is 29.8 Å². The Morgan fingerprint density at radius 1 is 1.18 bits per heavy atom. The molecule has 2 aromatic rings. The molecular formula is C16H13FN2O3. The van der Waals surface area contributed by atoms with Crippen LogP contribution in [0.15, 0.2) is 53.6 Å². The predicted molar refractivity (Wildman–Crippen MR) is 78.5 cm³/mol. The van der Waals surface area contributed by atoms with Crippen LogP contribution in [0.4, 0.5) is 4.39 Å². The summed E-state index contributed by atoms with van der Waals surface area (Å²) in [6, 6.07) is 12.9. The first-order valence-corrected chi connectivity index (χ1v) is 6.69. The lowest BCUT2D eigenvalue weighted by Gasteiger charge is -2.24. The van der Waals surface area contributed by atoms with Crippen molar-refractivity contribution in [3.63, 3.8) is 0 Å². The molecule has 1 amide bonds. The van der Waals surface area contributed by atoms with Crippen LogP contribution in [0.3, 0.4) is 0 Å². The number of rotatable bonds is 3. The quantitative estimate of drug-likeness (QED) is 0.697. The second kappa shape index (κ2) is 6.26. The van der Waals surface area contributed by atoms with Gasteiger partial charge >= 0.3 is 0 Å². The number of nitrogens with one attached hydrogen (secondary N) is 1. The number of carbonyl (C=O) groups excluding carboxylic acids is 1. The first kappa shape index (κ1) is 14.1. The number of hydrogen-bond donors (Lipinski definition) is 1. The summed E-state index contributed by atoms with van der Waals surface area (Å²) in [6.07, 6.45) is 0.662. The van der Waals surface area contributed by atoms with Gasteiger partial charge < -0.3 is 9.47 Å². The number of ether oxygens (including phenoxy) is 2. The summed E-state index contributed by atoms with van der Waals surface area (Å²) in [6.45, 7) is 0.120. The molecule has 0 saturated heterocycles. The van der Waals surface area contributed by atoms with Crippen LogP contribution in [0.2, 0.25) is 0 Å². The molecule has 5 nitrogen and oxygen atoms in total. The van der Waals surface area contributed by atoms with Gasteiger partial charge in [0.05, 0.1) is 6.21 Å². The number of amides is 1. The van der Waals surface area contributed by atoms with Gasteiger partial charge in [0.15, 0.2) is 11.5 Å². The van der Waals surface area contributed by atoms with Gasteiger partial charge in [-0.25, -0.2) is 9.82 Å². The average molecular weight is 300 g/mol. The van der Waals surface area contributed by atoms with Crippen molar-refractivity contribution in [3.8, 4) is 11.5 Å². The molecule has 0 unspecified atom stereocenters. The van der Waals surface area contributed by atoms with E-state index in [1.807, 2.05) is 6.07 Å². The van der Waals surface area contributed by atoms with Gasteiger partial charge in [-0.1, -0.05) is 24.3 Å². The highest BCUT2D eigenvalue weighted by Crippen LogP contribution is 2.30. The van der Waals surface area contributed by atoms with Crippen molar-refractivity contribution in [2.24, 2.45) is 5.10 Å². The standard InChI is InChI=1S/C16H13FN2O3/c17-12-7-5-11(6-8-12)9-18-19-16(20)15-10-21-13-3-1-2-4-14(13)22-15/h1-9,15H,10H2,(H,19,20)/b18-9-/t15-/m1/s1. The molecular weight excluding hydrogens is 287 g/mol. The summed E-state index contributed by atoms with van der Waals surface area (Å²) >= 11 is 0. The van der Waals surface area contributed by atoms with Gasteiger partial charge in [0, 0.05) is 0 Å². The number of hydrogen-bond acceptors (Lipinski definition) is 4. The Balaban J connectivity index is 1.58. The Hall–Kier alpha value is -2.89. The largest absolute Gasteiger partial charge is 0.485 e. The van der Waals surface area contributed by atoms with E-state index < -0.39 is 12.0 Å². The second-order valence-electron chi connectivity index (χ2n) is 4.65. The van der Waals surface area contributed by atoms with E-state index in [1.165, 1.54) is 18.3 Å². The minimum Gasteiger partial charge on any atom is -0.485 e. The Morgan fingerprint density at radius 2 is 1.91 bits per heavy atom. The number of para-hydroxylation sites is 2. The zero-order valence-corrected chi connectivity index (χ0v) is 11.5. The second-order valence-corrected chi connectivity index (χ2v) is 4.65. The van der Waals surface area contributed by atoms with Crippen molar-refractivity contribution in [3.05, 3.63) is 59.9 Å². The topological polar surface area (TPSA) is 59.9 Å². The Labute approximate surface area is 126 Å². The van der Waals surface area contributed by atoms with E-state index in [4.69, 9.17) is 9.47 Å². The van der Waals surface area contributed by atoms with Crippen LogP contribution >= 0.6 is 0 Å². The summed E-state index contributed by atoms with van der Waals surface area (Å²) < 4.78 is 23.8. The van der Waals surface area contributed by atoms with Crippen LogP contribution in [-0.2, 0) is 4.79 Å². The van der Waals surface area contributed by atoms with Gasteiger partial charge in [-0.3, -0.25) is 4.79 Å². The highest BCUT2D eigenvalue weighted by Gasteiger charge is 2.26. The first-order chi connectivity index (χ1) is 10.7. The van der Waals surface area contributed by atoms with E-state index in [2.05, 4.69) is 10.5 Å². The highest BCUT2D eigenvalue weighted by molar-refractivity contribution is 5.84.